The van der Waals surface area contributed by atoms with Gasteiger partial charge < -0.3 is 5.32 Å². The molecule has 0 radical (unpaired) electrons. The Balaban J connectivity index is 1.56. The first-order chi connectivity index (χ1) is 15.6. The zero-order chi connectivity index (χ0) is 24.1. The number of nitrogens with one attached hydrogen (secondary N) is 1. The molecule has 0 unspecified atom stereocenters. The minimum atomic E-state index is -3.52. The van der Waals surface area contributed by atoms with Crippen LogP contribution >= 0.6 is 0 Å². The molecule has 8 nitrogen and oxygen atoms in total. The van der Waals surface area contributed by atoms with Crippen molar-refractivity contribution in [3.63, 3.8) is 0 Å². The van der Waals surface area contributed by atoms with Gasteiger partial charge in [-0.05, 0) is 68.1 Å². The van der Waals surface area contributed by atoms with Crippen molar-refractivity contribution in [3.05, 3.63) is 54.1 Å². The van der Waals surface area contributed by atoms with Crippen LogP contribution in [-0.2, 0) is 24.8 Å². The zero-order valence-electron chi connectivity index (χ0n) is 19.0. The Morgan fingerprint density at radius 3 is 2.27 bits per heavy atom. The lowest BCUT2D eigenvalue weighted by molar-refractivity contribution is -0.116. The Hall–Kier alpha value is -2.43. The number of carbonyl (C=O) groups excluding carboxylic acids is 1. The second-order valence-electron chi connectivity index (χ2n) is 8.31. The number of anilines is 2. The van der Waals surface area contributed by atoms with E-state index in [2.05, 4.69) is 5.32 Å². The van der Waals surface area contributed by atoms with Gasteiger partial charge in [-0.25, -0.2) is 16.8 Å². The summed E-state index contributed by atoms with van der Waals surface area (Å²) in [5, 5.41) is 2.75. The summed E-state index contributed by atoms with van der Waals surface area (Å²) < 4.78 is 52.7. The van der Waals surface area contributed by atoms with Crippen LogP contribution in [0.1, 0.15) is 37.7 Å². The van der Waals surface area contributed by atoms with E-state index in [1.165, 1.54) is 20.7 Å². The molecule has 3 rings (SSSR count). The summed E-state index contributed by atoms with van der Waals surface area (Å²) in [6.07, 6.45) is 4.40. The molecule has 10 heteroatoms. The first-order valence-electron chi connectivity index (χ1n) is 11.0. The highest BCUT2D eigenvalue weighted by Gasteiger charge is 2.25. The number of nitrogens with zero attached hydrogens (tertiary/aromatic N) is 2. The summed E-state index contributed by atoms with van der Waals surface area (Å²) in [5.74, 6) is -0.265. The van der Waals surface area contributed by atoms with Gasteiger partial charge in [0.2, 0.25) is 26.0 Å². The average Bonchev–Trinajstić information content (AvgIpc) is 2.77. The number of piperidine rings is 1. The number of amides is 1. The Bertz CT molecular complexity index is 1170. The molecule has 1 N–H and O–H groups in total. The second kappa shape index (κ2) is 10.7. The number of benzene rings is 2. The first-order valence-corrected chi connectivity index (χ1v) is 14.3. The molecule has 1 aliphatic rings. The van der Waals surface area contributed by atoms with Gasteiger partial charge in [-0.15, -0.1) is 0 Å². The molecule has 0 atom stereocenters. The van der Waals surface area contributed by atoms with Crippen molar-refractivity contribution >= 4 is 37.3 Å². The van der Waals surface area contributed by atoms with Gasteiger partial charge in [0, 0.05) is 31.7 Å². The van der Waals surface area contributed by atoms with Crippen LogP contribution in [0.4, 0.5) is 11.4 Å². The minimum absolute atomic E-state index is 0.131. The highest BCUT2D eigenvalue weighted by atomic mass is 32.2. The molecule has 0 aliphatic carbocycles. The quantitative estimate of drug-likeness (QED) is 0.577. The maximum absolute atomic E-state index is 12.7. The van der Waals surface area contributed by atoms with E-state index in [1.807, 2.05) is 13.0 Å². The van der Waals surface area contributed by atoms with Crippen LogP contribution in [0.5, 0.6) is 0 Å². The molecule has 1 fully saturated rings. The molecule has 1 aliphatic heterocycles. The minimum Gasteiger partial charge on any atom is -0.326 e. The number of rotatable bonds is 9. The Morgan fingerprint density at radius 1 is 1.00 bits per heavy atom. The summed E-state index contributed by atoms with van der Waals surface area (Å²) in [5.41, 5.74) is 2.02. The predicted octanol–water partition coefficient (Wildman–Crippen LogP) is 3.35. The molecule has 33 heavy (non-hydrogen) atoms. The summed E-state index contributed by atoms with van der Waals surface area (Å²) in [7, 11) is -7.00. The Labute approximate surface area is 196 Å². The molecule has 1 saturated heterocycles. The lowest BCUT2D eigenvalue weighted by atomic mass is 10.2. The van der Waals surface area contributed by atoms with Crippen LogP contribution in [0, 0.1) is 6.92 Å². The van der Waals surface area contributed by atoms with Crippen molar-refractivity contribution in [3.8, 4) is 0 Å². The standard InChI is InChI=1S/C23H31N3O5S2/c1-19-8-6-9-21(18-19)26(32(2,28)29)17-7-10-23(27)24-20-11-13-22(14-12-20)33(30,31)25-15-4-3-5-16-25/h6,8-9,11-14,18H,3-5,7,10,15-17H2,1-2H3,(H,24,27). The third-order valence-electron chi connectivity index (χ3n) is 5.55. The van der Waals surface area contributed by atoms with Crippen molar-refractivity contribution in [1.82, 2.24) is 4.31 Å². The van der Waals surface area contributed by atoms with Crippen LogP contribution < -0.4 is 9.62 Å². The fourth-order valence-corrected chi connectivity index (χ4v) is 6.32. The van der Waals surface area contributed by atoms with E-state index in [0.29, 0.717) is 30.9 Å². The topological polar surface area (TPSA) is 104 Å². The van der Waals surface area contributed by atoms with Crippen molar-refractivity contribution in [2.45, 2.75) is 43.9 Å². The zero-order valence-corrected chi connectivity index (χ0v) is 20.7. The molecule has 0 spiro atoms. The number of hydrogen-bond acceptors (Lipinski definition) is 5. The number of aryl methyl sites for hydroxylation is 1. The summed E-state index contributed by atoms with van der Waals surface area (Å²) in [6.45, 7) is 3.14. The van der Waals surface area contributed by atoms with Crippen LogP contribution in [0.15, 0.2) is 53.4 Å². The molecule has 1 heterocycles. The third kappa shape index (κ3) is 6.78. The van der Waals surface area contributed by atoms with Gasteiger partial charge in [-0.2, -0.15) is 4.31 Å². The molecule has 180 valence electrons. The van der Waals surface area contributed by atoms with Gasteiger partial charge >= 0.3 is 0 Å². The van der Waals surface area contributed by atoms with E-state index in [-0.39, 0.29) is 23.8 Å². The highest BCUT2D eigenvalue weighted by Crippen LogP contribution is 2.23. The van der Waals surface area contributed by atoms with Crippen LogP contribution in [-0.4, -0.2) is 52.9 Å². The molecule has 2 aromatic carbocycles. The van der Waals surface area contributed by atoms with Crippen LogP contribution in [0.3, 0.4) is 0 Å². The molecular formula is C23H31N3O5S2. The van der Waals surface area contributed by atoms with Crippen molar-refractivity contribution < 1.29 is 21.6 Å². The van der Waals surface area contributed by atoms with Gasteiger partial charge in [-0.1, -0.05) is 18.6 Å². The van der Waals surface area contributed by atoms with E-state index < -0.39 is 20.0 Å². The van der Waals surface area contributed by atoms with Gasteiger partial charge in [-0.3, -0.25) is 9.10 Å². The second-order valence-corrected chi connectivity index (χ2v) is 12.2. The monoisotopic (exact) mass is 493 g/mol. The molecule has 0 saturated carbocycles. The fourth-order valence-electron chi connectivity index (χ4n) is 3.84. The molecule has 0 aromatic heterocycles. The third-order valence-corrected chi connectivity index (χ3v) is 8.65. The molecule has 0 bridgehead atoms. The van der Waals surface area contributed by atoms with E-state index in [4.69, 9.17) is 0 Å². The van der Waals surface area contributed by atoms with Gasteiger partial charge in [0.1, 0.15) is 0 Å². The van der Waals surface area contributed by atoms with Gasteiger partial charge in [0.05, 0.1) is 16.8 Å². The first kappa shape index (κ1) is 25.2. The van der Waals surface area contributed by atoms with Crippen molar-refractivity contribution in [2.75, 3.05) is 35.5 Å². The van der Waals surface area contributed by atoms with Gasteiger partial charge in [0.25, 0.3) is 0 Å². The predicted molar refractivity (Wildman–Crippen MR) is 130 cm³/mol. The largest absolute Gasteiger partial charge is 0.326 e. The summed E-state index contributed by atoms with van der Waals surface area (Å²) in [6, 6.07) is 13.4. The Morgan fingerprint density at radius 2 is 1.67 bits per heavy atom. The van der Waals surface area contributed by atoms with E-state index in [0.717, 1.165) is 31.1 Å². The Kier molecular flexibility index (Phi) is 8.14. The maximum Gasteiger partial charge on any atom is 0.243 e. The molecule has 1 amide bonds. The van der Waals surface area contributed by atoms with Crippen molar-refractivity contribution in [2.24, 2.45) is 0 Å². The summed E-state index contributed by atoms with van der Waals surface area (Å²) >= 11 is 0. The van der Waals surface area contributed by atoms with E-state index in [9.17, 15) is 21.6 Å². The summed E-state index contributed by atoms with van der Waals surface area (Å²) in [4.78, 5) is 12.6. The van der Waals surface area contributed by atoms with Crippen molar-refractivity contribution in [1.29, 1.82) is 0 Å². The fraction of sp³-hybridized carbons (Fsp3) is 0.435. The van der Waals surface area contributed by atoms with E-state index in [1.54, 1.807) is 30.3 Å². The lowest BCUT2D eigenvalue weighted by Gasteiger charge is -2.25. The maximum atomic E-state index is 12.7. The average molecular weight is 494 g/mol. The molecular weight excluding hydrogens is 462 g/mol. The number of carbonyl (C=O) groups is 1. The van der Waals surface area contributed by atoms with Crippen LogP contribution in [0.2, 0.25) is 0 Å². The SMILES string of the molecule is Cc1cccc(N(CCCC(=O)Nc2ccc(S(=O)(=O)N3CCCCC3)cc2)S(C)(=O)=O)c1. The van der Waals surface area contributed by atoms with Gasteiger partial charge in [0.15, 0.2) is 0 Å². The highest BCUT2D eigenvalue weighted by molar-refractivity contribution is 7.92. The number of hydrogen-bond donors (Lipinski definition) is 1. The number of sulfonamides is 2. The molecule has 2 aromatic rings. The van der Waals surface area contributed by atoms with Crippen LogP contribution in [0.25, 0.3) is 0 Å². The lowest BCUT2D eigenvalue weighted by Crippen LogP contribution is -2.35. The smallest absolute Gasteiger partial charge is 0.243 e. The normalized spacial score (nSPS) is 15.2. The van der Waals surface area contributed by atoms with E-state index >= 15 is 0 Å².